The fraction of sp³-hybridized carbons (Fsp3) is 0.400. The van der Waals surface area contributed by atoms with Gasteiger partial charge in [0.25, 0.3) is 10.0 Å². The van der Waals surface area contributed by atoms with Gasteiger partial charge in [-0.2, -0.15) is 0 Å². The van der Waals surface area contributed by atoms with E-state index in [-0.39, 0.29) is 11.5 Å². The average molecular weight is 471 g/mol. The number of hydrogen-bond acceptors (Lipinski definition) is 5. The van der Waals surface area contributed by atoms with Gasteiger partial charge in [-0.05, 0) is 65.8 Å². The maximum absolute atomic E-state index is 13.9. The summed E-state index contributed by atoms with van der Waals surface area (Å²) in [6.07, 6.45) is -0.556. The third-order valence-electron chi connectivity index (χ3n) is 5.67. The Bertz CT molecular complexity index is 1300. The van der Waals surface area contributed by atoms with Crippen molar-refractivity contribution in [3.8, 4) is 0 Å². The summed E-state index contributed by atoms with van der Waals surface area (Å²) in [5.74, 6) is 0. The van der Waals surface area contributed by atoms with Crippen LogP contribution in [0.1, 0.15) is 51.9 Å². The molecule has 8 heteroatoms. The number of para-hydroxylation sites is 1. The molecule has 3 aromatic rings. The SMILES string of the molecule is Cc1ccc(S(=O)(=O)n2c([C@@H]3COC(C)(C)N3C(=O)OC(C)(C)C)cc3ccccc32)cc1. The lowest BCUT2D eigenvalue weighted by Crippen LogP contribution is -2.47. The van der Waals surface area contributed by atoms with Crippen molar-refractivity contribution in [1.82, 2.24) is 8.87 Å². The predicted molar refractivity (Wildman–Crippen MR) is 127 cm³/mol. The number of fused-ring (bicyclic) bond motifs is 1. The molecule has 1 aromatic heterocycles. The smallest absolute Gasteiger partial charge is 0.413 e. The summed E-state index contributed by atoms with van der Waals surface area (Å²) in [6.45, 7) is 11.0. The molecule has 2 heterocycles. The number of carbonyl (C=O) groups excluding carboxylic acids is 1. The Morgan fingerprint density at radius 2 is 1.73 bits per heavy atom. The van der Waals surface area contributed by atoms with Crippen molar-refractivity contribution < 1.29 is 22.7 Å². The first kappa shape index (κ1) is 23.3. The number of aromatic nitrogens is 1. The van der Waals surface area contributed by atoms with E-state index in [0.29, 0.717) is 11.2 Å². The Hall–Kier alpha value is -2.84. The van der Waals surface area contributed by atoms with E-state index >= 15 is 0 Å². The first-order chi connectivity index (χ1) is 15.3. The fourth-order valence-corrected chi connectivity index (χ4v) is 5.71. The van der Waals surface area contributed by atoms with Crippen molar-refractivity contribution in [3.63, 3.8) is 0 Å². The first-order valence-electron chi connectivity index (χ1n) is 10.9. The molecule has 1 aliphatic rings. The minimum absolute atomic E-state index is 0.145. The molecule has 176 valence electrons. The molecule has 0 N–H and O–H groups in total. The summed E-state index contributed by atoms with van der Waals surface area (Å²) in [7, 11) is -3.95. The molecule has 7 nitrogen and oxygen atoms in total. The van der Waals surface area contributed by atoms with Crippen LogP contribution in [0.2, 0.25) is 0 Å². The molecule has 2 aromatic carbocycles. The number of aryl methyl sites for hydroxylation is 1. The van der Waals surface area contributed by atoms with Gasteiger partial charge in [0.1, 0.15) is 17.4 Å². The van der Waals surface area contributed by atoms with Crippen molar-refractivity contribution in [3.05, 3.63) is 65.9 Å². The van der Waals surface area contributed by atoms with E-state index in [0.717, 1.165) is 10.9 Å². The summed E-state index contributed by atoms with van der Waals surface area (Å²) in [6, 6.07) is 15.2. The van der Waals surface area contributed by atoms with E-state index in [9.17, 15) is 13.2 Å². The standard InChI is InChI=1S/C25H30N2O5S/c1-17-11-13-19(14-12-17)33(29,30)27-20-10-8-7-9-18(20)15-21(27)22-16-31-25(5,6)26(22)23(28)32-24(2,3)4/h7-15,22H,16H2,1-6H3/t22-/m0/s1. The van der Waals surface area contributed by atoms with Crippen LogP contribution in [0.15, 0.2) is 59.5 Å². The lowest BCUT2D eigenvalue weighted by molar-refractivity contribution is -0.0627. The maximum Gasteiger partial charge on any atom is 0.413 e. The van der Waals surface area contributed by atoms with Gasteiger partial charge in [0.15, 0.2) is 0 Å². The molecule has 1 saturated heterocycles. The first-order valence-corrected chi connectivity index (χ1v) is 12.3. The van der Waals surface area contributed by atoms with Gasteiger partial charge in [-0.3, -0.25) is 4.90 Å². The van der Waals surface area contributed by atoms with Gasteiger partial charge >= 0.3 is 6.09 Å². The second kappa shape index (κ2) is 7.88. The Kier molecular flexibility index (Phi) is 5.57. The Labute approximate surface area is 195 Å². The quantitative estimate of drug-likeness (QED) is 0.524. The van der Waals surface area contributed by atoms with Gasteiger partial charge in [-0.15, -0.1) is 0 Å². The third-order valence-corrected chi connectivity index (χ3v) is 7.43. The second-order valence-corrected chi connectivity index (χ2v) is 11.6. The van der Waals surface area contributed by atoms with Crippen molar-refractivity contribution in [2.75, 3.05) is 6.61 Å². The summed E-state index contributed by atoms with van der Waals surface area (Å²) in [5.41, 5.74) is 0.284. The van der Waals surface area contributed by atoms with Crippen LogP contribution in [0.25, 0.3) is 10.9 Å². The minimum Gasteiger partial charge on any atom is -0.444 e. The van der Waals surface area contributed by atoms with Crippen LogP contribution >= 0.6 is 0 Å². The zero-order chi connectivity index (χ0) is 24.2. The molecule has 4 rings (SSSR count). The highest BCUT2D eigenvalue weighted by molar-refractivity contribution is 7.90. The van der Waals surface area contributed by atoms with E-state index in [2.05, 4.69) is 0 Å². The van der Waals surface area contributed by atoms with Gasteiger partial charge in [0.05, 0.1) is 22.7 Å². The lowest BCUT2D eigenvalue weighted by Gasteiger charge is -2.35. The number of ether oxygens (including phenoxy) is 2. The molecular formula is C25H30N2O5S. The molecule has 1 aliphatic heterocycles. The van der Waals surface area contributed by atoms with Crippen molar-refractivity contribution >= 4 is 27.0 Å². The number of hydrogen-bond donors (Lipinski definition) is 0. The Morgan fingerprint density at radius 1 is 1.09 bits per heavy atom. The normalized spacial score (nSPS) is 18.6. The number of nitrogens with zero attached hydrogens (tertiary/aromatic N) is 2. The number of carbonyl (C=O) groups is 1. The molecule has 0 radical (unpaired) electrons. The van der Waals surface area contributed by atoms with Crippen LogP contribution < -0.4 is 0 Å². The predicted octanol–water partition coefficient (Wildman–Crippen LogP) is 5.23. The van der Waals surface area contributed by atoms with E-state index in [1.807, 2.05) is 25.1 Å². The van der Waals surface area contributed by atoms with Crippen LogP contribution in [0.5, 0.6) is 0 Å². The second-order valence-electron chi connectivity index (χ2n) is 9.83. The van der Waals surface area contributed by atoms with E-state index in [1.54, 1.807) is 71.0 Å². The van der Waals surface area contributed by atoms with E-state index < -0.39 is 33.5 Å². The van der Waals surface area contributed by atoms with Gasteiger partial charge < -0.3 is 9.47 Å². The highest BCUT2D eigenvalue weighted by atomic mass is 32.2. The molecule has 0 aliphatic carbocycles. The van der Waals surface area contributed by atoms with Crippen LogP contribution in [0, 0.1) is 6.92 Å². The highest BCUT2D eigenvalue weighted by Gasteiger charge is 2.48. The van der Waals surface area contributed by atoms with Crippen molar-refractivity contribution in [1.29, 1.82) is 0 Å². The maximum atomic E-state index is 13.9. The highest BCUT2D eigenvalue weighted by Crippen LogP contribution is 2.41. The van der Waals surface area contributed by atoms with Gasteiger partial charge in [0, 0.05) is 5.39 Å². The Morgan fingerprint density at radius 3 is 2.36 bits per heavy atom. The largest absolute Gasteiger partial charge is 0.444 e. The van der Waals surface area contributed by atoms with Crippen molar-refractivity contribution in [2.45, 2.75) is 63.8 Å². The zero-order valence-electron chi connectivity index (χ0n) is 19.8. The van der Waals surface area contributed by atoms with Gasteiger partial charge in [-0.1, -0.05) is 35.9 Å². The molecule has 1 amide bonds. The molecule has 1 fully saturated rings. The van der Waals surface area contributed by atoms with Crippen LogP contribution in [0.4, 0.5) is 4.79 Å². The number of amides is 1. The fourth-order valence-electron chi connectivity index (χ4n) is 4.15. The third kappa shape index (κ3) is 4.25. The summed E-state index contributed by atoms with van der Waals surface area (Å²) >= 11 is 0. The number of benzene rings is 2. The molecule has 0 bridgehead atoms. The van der Waals surface area contributed by atoms with Gasteiger partial charge in [0.2, 0.25) is 0 Å². The van der Waals surface area contributed by atoms with Gasteiger partial charge in [-0.25, -0.2) is 17.2 Å². The zero-order valence-corrected chi connectivity index (χ0v) is 20.6. The van der Waals surface area contributed by atoms with Crippen LogP contribution in [-0.2, 0) is 19.5 Å². The molecule has 33 heavy (non-hydrogen) atoms. The number of rotatable bonds is 3. The van der Waals surface area contributed by atoms with Crippen LogP contribution in [-0.4, -0.2) is 41.3 Å². The topological polar surface area (TPSA) is 77.8 Å². The summed E-state index contributed by atoms with van der Waals surface area (Å²) in [4.78, 5) is 14.9. The summed E-state index contributed by atoms with van der Waals surface area (Å²) < 4.78 is 40.6. The van der Waals surface area contributed by atoms with E-state index in [4.69, 9.17) is 9.47 Å². The summed E-state index contributed by atoms with van der Waals surface area (Å²) in [5, 5.41) is 0.761. The lowest BCUT2D eigenvalue weighted by atomic mass is 10.1. The monoisotopic (exact) mass is 470 g/mol. The van der Waals surface area contributed by atoms with Crippen LogP contribution in [0.3, 0.4) is 0 Å². The molecule has 0 unspecified atom stereocenters. The minimum atomic E-state index is -3.95. The molecule has 0 saturated carbocycles. The molecule has 0 spiro atoms. The Balaban J connectivity index is 1.91. The molecule has 1 atom stereocenters. The van der Waals surface area contributed by atoms with Crippen molar-refractivity contribution in [2.24, 2.45) is 0 Å². The van der Waals surface area contributed by atoms with E-state index in [1.165, 1.54) is 8.87 Å². The molecular weight excluding hydrogens is 440 g/mol. The average Bonchev–Trinajstić information content (AvgIpc) is 3.24.